The molecule has 0 unspecified atom stereocenters. The van der Waals surface area contributed by atoms with E-state index in [1.807, 2.05) is 26.0 Å². The lowest BCUT2D eigenvalue weighted by Crippen LogP contribution is -2.23. The summed E-state index contributed by atoms with van der Waals surface area (Å²) in [7, 11) is 1.49. The maximum absolute atomic E-state index is 13.2. The summed E-state index contributed by atoms with van der Waals surface area (Å²) in [6, 6.07) is 10.5. The molecule has 3 rings (SSSR count). The molecule has 0 saturated carbocycles. The molecule has 2 aromatic carbocycles. The Balaban J connectivity index is 2.04. The molecule has 0 radical (unpaired) electrons. The van der Waals surface area contributed by atoms with E-state index in [-0.39, 0.29) is 18.1 Å². The molecule has 1 aromatic heterocycles. The van der Waals surface area contributed by atoms with Gasteiger partial charge in [-0.15, -0.1) is 0 Å². The summed E-state index contributed by atoms with van der Waals surface area (Å²) >= 11 is 3.40. The molecular formula is C22H23BrN4O4. The molecule has 0 saturated heterocycles. The van der Waals surface area contributed by atoms with Gasteiger partial charge in [0.2, 0.25) is 0 Å². The van der Waals surface area contributed by atoms with Crippen LogP contribution < -0.4 is 20.8 Å². The summed E-state index contributed by atoms with van der Waals surface area (Å²) in [5.41, 5.74) is 6.19. The summed E-state index contributed by atoms with van der Waals surface area (Å²) in [6.07, 6.45) is 2.36. The standard InChI is InChI=1S/C22H23BrN4O4/c1-4-13(2)21-26-17-7-6-15(23)10-16(17)22(29)27(21)25-11-14-5-8-18(19(9-14)30-3)31-12-20(24)28/h5-11,13H,4,12H2,1-3H3,(H2,24,28)/t13-/m0/s1. The first-order valence-electron chi connectivity index (χ1n) is 9.69. The van der Waals surface area contributed by atoms with Gasteiger partial charge in [0.25, 0.3) is 11.5 Å². The lowest BCUT2D eigenvalue weighted by Gasteiger charge is -2.14. The fourth-order valence-electron chi connectivity index (χ4n) is 2.94. The third-order valence-electron chi connectivity index (χ3n) is 4.77. The van der Waals surface area contributed by atoms with E-state index in [0.29, 0.717) is 33.8 Å². The largest absolute Gasteiger partial charge is 0.493 e. The lowest BCUT2D eigenvalue weighted by atomic mass is 10.1. The van der Waals surface area contributed by atoms with E-state index < -0.39 is 5.91 Å². The number of hydrogen-bond donors (Lipinski definition) is 1. The van der Waals surface area contributed by atoms with Gasteiger partial charge in [0.05, 0.1) is 24.2 Å². The number of fused-ring (bicyclic) bond motifs is 1. The highest BCUT2D eigenvalue weighted by molar-refractivity contribution is 9.10. The summed E-state index contributed by atoms with van der Waals surface area (Å²) in [4.78, 5) is 28.8. The highest BCUT2D eigenvalue weighted by Gasteiger charge is 2.15. The topological polar surface area (TPSA) is 109 Å². The van der Waals surface area contributed by atoms with Crippen LogP contribution in [-0.4, -0.2) is 35.5 Å². The van der Waals surface area contributed by atoms with Gasteiger partial charge in [-0.25, -0.2) is 4.98 Å². The number of benzene rings is 2. The summed E-state index contributed by atoms with van der Waals surface area (Å²) in [5, 5.41) is 4.91. The zero-order chi connectivity index (χ0) is 22.5. The summed E-state index contributed by atoms with van der Waals surface area (Å²) < 4.78 is 12.8. The van der Waals surface area contributed by atoms with E-state index >= 15 is 0 Å². The maximum Gasteiger partial charge on any atom is 0.282 e. The van der Waals surface area contributed by atoms with Crippen LogP contribution in [0.5, 0.6) is 11.5 Å². The minimum Gasteiger partial charge on any atom is -0.493 e. The number of hydrogen-bond acceptors (Lipinski definition) is 6. The van der Waals surface area contributed by atoms with Crippen molar-refractivity contribution in [3.8, 4) is 11.5 Å². The maximum atomic E-state index is 13.2. The van der Waals surface area contributed by atoms with Gasteiger partial charge in [-0.3, -0.25) is 9.59 Å². The van der Waals surface area contributed by atoms with Crippen molar-refractivity contribution in [2.75, 3.05) is 13.7 Å². The molecule has 0 bridgehead atoms. The molecule has 1 atom stereocenters. The number of nitrogens with two attached hydrogens (primary N) is 1. The normalized spacial score (nSPS) is 12.3. The molecule has 0 aliphatic carbocycles. The monoisotopic (exact) mass is 486 g/mol. The molecule has 31 heavy (non-hydrogen) atoms. The predicted octanol–water partition coefficient (Wildman–Crippen LogP) is 3.43. The second-order valence-corrected chi connectivity index (χ2v) is 7.88. The fourth-order valence-corrected chi connectivity index (χ4v) is 3.30. The Bertz CT molecular complexity index is 1210. The van der Waals surface area contributed by atoms with Gasteiger partial charge in [-0.2, -0.15) is 9.78 Å². The third kappa shape index (κ3) is 5.11. The first-order chi connectivity index (χ1) is 14.8. The van der Waals surface area contributed by atoms with Crippen molar-refractivity contribution >= 4 is 39.0 Å². The van der Waals surface area contributed by atoms with Gasteiger partial charge in [-0.1, -0.05) is 29.8 Å². The predicted molar refractivity (Wildman–Crippen MR) is 123 cm³/mol. The van der Waals surface area contributed by atoms with Gasteiger partial charge < -0.3 is 15.2 Å². The van der Waals surface area contributed by atoms with E-state index in [4.69, 9.17) is 15.2 Å². The number of methoxy groups -OCH3 is 1. The van der Waals surface area contributed by atoms with E-state index in [2.05, 4.69) is 26.0 Å². The second kappa shape index (κ2) is 9.74. The third-order valence-corrected chi connectivity index (χ3v) is 5.26. The van der Waals surface area contributed by atoms with Crippen LogP contribution in [0.25, 0.3) is 10.9 Å². The van der Waals surface area contributed by atoms with Gasteiger partial charge in [0, 0.05) is 10.4 Å². The number of nitrogens with zero attached hydrogens (tertiary/aromatic N) is 3. The van der Waals surface area contributed by atoms with Gasteiger partial charge in [-0.05, 0) is 48.4 Å². The van der Waals surface area contributed by atoms with Crippen molar-refractivity contribution in [1.29, 1.82) is 0 Å². The Morgan fingerprint density at radius 3 is 2.74 bits per heavy atom. The average Bonchev–Trinajstić information content (AvgIpc) is 2.76. The Kier molecular flexibility index (Phi) is 7.06. The number of carbonyl (C=O) groups excluding carboxylic acids is 1. The lowest BCUT2D eigenvalue weighted by molar-refractivity contribution is -0.119. The fraction of sp³-hybridized carbons (Fsp3) is 0.273. The van der Waals surface area contributed by atoms with Crippen molar-refractivity contribution < 1.29 is 14.3 Å². The van der Waals surface area contributed by atoms with Gasteiger partial charge >= 0.3 is 0 Å². The minimum atomic E-state index is -0.583. The SMILES string of the molecule is CC[C@H](C)c1nc2ccc(Br)cc2c(=O)n1N=Cc1ccc(OCC(N)=O)c(OC)c1. The molecule has 1 amide bonds. The van der Waals surface area contributed by atoms with Crippen LogP contribution >= 0.6 is 15.9 Å². The Morgan fingerprint density at radius 1 is 1.29 bits per heavy atom. The van der Waals surface area contributed by atoms with E-state index in [1.54, 1.807) is 30.5 Å². The highest BCUT2D eigenvalue weighted by atomic mass is 79.9. The van der Waals surface area contributed by atoms with Gasteiger partial charge in [0.1, 0.15) is 5.82 Å². The molecule has 2 N–H and O–H groups in total. The van der Waals surface area contributed by atoms with Crippen LogP contribution in [0.2, 0.25) is 0 Å². The number of halogens is 1. The summed E-state index contributed by atoms with van der Waals surface area (Å²) in [6.45, 7) is 3.79. The number of primary amides is 1. The van der Waals surface area contributed by atoms with Crippen molar-refractivity contribution in [3.63, 3.8) is 0 Å². The highest BCUT2D eigenvalue weighted by Crippen LogP contribution is 2.27. The number of amides is 1. The van der Waals surface area contributed by atoms with Crippen LogP contribution in [0.3, 0.4) is 0 Å². The number of ether oxygens (including phenoxy) is 2. The molecule has 0 aliphatic rings. The first-order valence-corrected chi connectivity index (χ1v) is 10.5. The molecule has 8 nitrogen and oxygen atoms in total. The quantitative estimate of drug-likeness (QED) is 0.490. The molecule has 3 aromatic rings. The van der Waals surface area contributed by atoms with Crippen molar-refractivity contribution in [3.05, 3.63) is 62.6 Å². The first kappa shape index (κ1) is 22.5. The van der Waals surface area contributed by atoms with E-state index in [9.17, 15) is 9.59 Å². The Labute approximate surface area is 187 Å². The number of rotatable bonds is 8. The zero-order valence-corrected chi connectivity index (χ0v) is 19.0. The molecular weight excluding hydrogens is 464 g/mol. The van der Waals surface area contributed by atoms with Crippen molar-refractivity contribution in [2.24, 2.45) is 10.8 Å². The molecule has 0 aliphatic heterocycles. The van der Waals surface area contributed by atoms with E-state index in [1.165, 1.54) is 11.8 Å². The number of aromatic nitrogens is 2. The van der Waals surface area contributed by atoms with Gasteiger partial charge in [0.15, 0.2) is 18.1 Å². The Morgan fingerprint density at radius 2 is 2.06 bits per heavy atom. The molecule has 9 heteroatoms. The molecule has 0 fully saturated rings. The number of carbonyl (C=O) groups is 1. The minimum absolute atomic E-state index is 0.0389. The molecule has 1 heterocycles. The van der Waals surface area contributed by atoms with Crippen LogP contribution in [0.15, 0.2) is 50.8 Å². The second-order valence-electron chi connectivity index (χ2n) is 6.97. The van der Waals surface area contributed by atoms with E-state index in [0.717, 1.165) is 10.9 Å². The van der Waals surface area contributed by atoms with Crippen molar-refractivity contribution in [2.45, 2.75) is 26.2 Å². The van der Waals surface area contributed by atoms with Crippen molar-refractivity contribution in [1.82, 2.24) is 9.66 Å². The van der Waals surface area contributed by atoms with Crippen LogP contribution in [0.4, 0.5) is 0 Å². The van der Waals surface area contributed by atoms with Crippen LogP contribution in [0.1, 0.15) is 37.6 Å². The zero-order valence-electron chi connectivity index (χ0n) is 17.5. The van der Waals surface area contributed by atoms with Crippen LogP contribution in [-0.2, 0) is 4.79 Å². The van der Waals surface area contributed by atoms with Crippen LogP contribution in [0, 0.1) is 0 Å². The smallest absolute Gasteiger partial charge is 0.282 e. The molecule has 162 valence electrons. The average molecular weight is 487 g/mol. The Hall–Kier alpha value is -3.20. The molecule has 0 spiro atoms. The summed E-state index contributed by atoms with van der Waals surface area (Å²) in [5.74, 6) is 0.845.